The molecule has 3 rings (SSSR count). The van der Waals surface area contributed by atoms with Crippen LogP contribution in [-0.4, -0.2) is 15.2 Å². The lowest BCUT2D eigenvalue weighted by atomic mass is 10.1. The Morgan fingerprint density at radius 2 is 1.89 bits per heavy atom. The van der Waals surface area contributed by atoms with Crippen LogP contribution in [0.25, 0.3) is 0 Å². The highest BCUT2D eigenvalue weighted by molar-refractivity contribution is 5.24. The van der Waals surface area contributed by atoms with Gasteiger partial charge in [-0.15, -0.1) is 0 Å². The van der Waals surface area contributed by atoms with Crippen LogP contribution in [0.15, 0.2) is 30.3 Å². The normalized spacial score (nSPS) is 18.1. The van der Waals surface area contributed by atoms with E-state index in [0.717, 1.165) is 11.4 Å². The van der Waals surface area contributed by atoms with Gasteiger partial charge < -0.3 is 5.73 Å². The zero-order chi connectivity index (χ0) is 12.4. The Bertz CT molecular complexity index is 500. The van der Waals surface area contributed by atoms with E-state index in [1.165, 1.54) is 25.7 Å². The first-order valence-corrected chi connectivity index (χ1v) is 6.57. The van der Waals surface area contributed by atoms with Crippen molar-refractivity contribution in [3.63, 3.8) is 0 Å². The molecule has 1 aliphatic carbocycles. The van der Waals surface area contributed by atoms with Crippen LogP contribution in [0.4, 0.5) is 0 Å². The summed E-state index contributed by atoms with van der Waals surface area (Å²) in [5.74, 6) is 2.26. The minimum atomic E-state index is -0.238. The molecule has 0 unspecified atom stereocenters. The summed E-state index contributed by atoms with van der Waals surface area (Å²) in [7, 11) is 0. The highest BCUT2D eigenvalue weighted by Crippen LogP contribution is 2.32. The molecular weight excluding hydrogens is 224 g/mol. The van der Waals surface area contributed by atoms with E-state index < -0.39 is 0 Å². The molecule has 4 heteroatoms. The maximum Gasteiger partial charge on any atom is 0.171 e. The molecular formula is C14H18N4. The average molecular weight is 242 g/mol. The maximum absolute atomic E-state index is 6.18. The van der Waals surface area contributed by atoms with E-state index in [0.29, 0.717) is 11.7 Å². The Kier molecular flexibility index (Phi) is 3.11. The van der Waals surface area contributed by atoms with Crippen molar-refractivity contribution in [1.82, 2.24) is 15.2 Å². The van der Waals surface area contributed by atoms with Crippen LogP contribution in [0, 0.1) is 0 Å². The van der Waals surface area contributed by atoms with Gasteiger partial charge in [-0.1, -0.05) is 43.2 Å². The average Bonchev–Trinajstić information content (AvgIpc) is 3.09. The highest BCUT2D eigenvalue weighted by Gasteiger charge is 2.22. The zero-order valence-corrected chi connectivity index (χ0v) is 10.3. The molecule has 18 heavy (non-hydrogen) atoms. The number of rotatable bonds is 3. The van der Waals surface area contributed by atoms with Gasteiger partial charge >= 0.3 is 0 Å². The smallest absolute Gasteiger partial charge is 0.171 e. The highest BCUT2D eigenvalue weighted by atomic mass is 15.2. The lowest BCUT2D eigenvalue weighted by molar-refractivity contribution is 0.670. The van der Waals surface area contributed by atoms with E-state index >= 15 is 0 Å². The molecule has 1 fully saturated rings. The molecule has 1 atom stereocenters. The predicted molar refractivity (Wildman–Crippen MR) is 70.1 cm³/mol. The van der Waals surface area contributed by atoms with E-state index in [2.05, 4.69) is 15.2 Å². The second kappa shape index (κ2) is 4.90. The minimum absolute atomic E-state index is 0.238. The van der Waals surface area contributed by atoms with Crippen molar-refractivity contribution >= 4 is 0 Å². The molecule has 1 aromatic carbocycles. The number of nitrogens with one attached hydrogen (secondary N) is 1. The van der Waals surface area contributed by atoms with Crippen LogP contribution >= 0.6 is 0 Å². The lowest BCUT2D eigenvalue weighted by Gasteiger charge is -2.07. The van der Waals surface area contributed by atoms with Gasteiger partial charge in [0.25, 0.3) is 0 Å². The number of nitrogens with zero attached hydrogens (tertiary/aromatic N) is 2. The summed E-state index contributed by atoms with van der Waals surface area (Å²) in [6, 6.07) is 9.74. The Labute approximate surface area is 107 Å². The first-order valence-electron chi connectivity index (χ1n) is 6.57. The van der Waals surface area contributed by atoms with Gasteiger partial charge in [-0.2, -0.15) is 5.10 Å². The Morgan fingerprint density at radius 1 is 1.17 bits per heavy atom. The summed E-state index contributed by atoms with van der Waals surface area (Å²) in [5, 5.41) is 7.33. The first-order chi connectivity index (χ1) is 8.84. The number of hydrogen-bond acceptors (Lipinski definition) is 3. The molecule has 0 radical (unpaired) electrons. The molecule has 0 saturated heterocycles. The monoisotopic (exact) mass is 242 g/mol. The van der Waals surface area contributed by atoms with Gasteiger partial charge in [0, 0.05) is 5.92 Å². The number of aromatic amines is 1. The van der Waals surface area contributed by atoms with Crippen molar-refractivity contribution in [3.8, 4) is 0 Å². The van der Waals surface area contributed by atoms with Crippen LogP contribution in [0.3, 0.4) is 0 Å². The second-order valence-electron chi connectivity index (χ2n) is 4.95. The van der Waals surface area contributed by atoms with Crippen LogP contribution < -0.4 is 5.73 Å². The fraction of sp³-hybridized carbons (Fsp3) is 0.429. The summed E-state index contributed by atoms with van der Waals surface area (Å²) >= 11 is 0. The van der Waals surface area contributed by atoms with E-state index in [1.54, 1.807) is 0 Å². The summed E-state index contributed by atoms with van der Waals surface area (Å²) in [5.41, 5.74) is 7.23. The van der Waals surface area contributed by atoms with Gasteiger partial charge in [0.1, 0.15) is 5.82 Å². The number of H-pyrrole nitrogens is 1. The molecule has 1 aromatic heterocycles. The number of benzene rings is 1. The first kappa shape index (κ1) is 11.4. The second-order valence-corrected chi connectivity index (χ2v) is 4.95. The molecule has 0 amide bonds. The van der Waals surface area contributed by atoms with E-state index in [4.69, 9.17) is 5.73 Å². The Balaban J connectivity index is 1.80. The molecule has 0 spiro atoms. The third-order valence-electron chi connectivity index (χ3n) is 3.70. The molecule has 4 nitrogen and oxygen atoms in total. The standard InChI is InChI=1S/C14H18N4/c15-12(10-6-2-1-3-7-10)14-16-13(17-18-14)11-8-4-5-9-11/h1-3,6-7,11-12H,4-5,8-9,15H2,(H,16,17,18)/t12-/m1/s1. The summed E-state index contributed by atoms with van der Waals surface area (Å²) in [6.07, 6.45) is 5.03. The van der Waals surface area contributed by atoms with Crippen LogP contribution in [0.5, 0.6) is 0 Å². The van der Waals surface area contributed by atoms with Gasteiger partial charge in [0.15, 0.2) is 5.82 Å². The summed E-state index contributed by atoms with van der Waals surface area (Å²) in [4.78, 5) is 4.58. The van der Waals surface area contributed by atoms with Crippen molar-refractivity contribution < 1.29 is 0 Å². The summed E-state index contributed by atoms with van der Waals surface area (Å²) in [6.45, 7) is 0. The molecule has 0 aliphatic heterocycles. The van der Waals surface area contributed by atoms with Gasteiger partial charge in [0.2, 0.25) is 0 Å². The van der Waals surface area contributed by atoms with Crippen molar-refractivity contribution in [2.75, 3.05) is 0 Å². The van der Waals surface area contributed by atoms with Crippen LogP contribution in [-0.2, 0) is 0 Å². The molecule has 3 N–H and O–H groups in total. The fourth-order valence-corrected chi connectivity index (χ4v) is 2.62. The van der Waals surface area contributed by atoms with Gasteiger partial charge in [-0.3, -0.25) is 5.10 Å². The maximum atomic E-state index is 6.18. The molecule has 0 bridgehead atoms. The quantitative estimate of drug-likeness (QED) is 0.869. The predicted octanol–water partition coefficient (Wildman–Crippen LogP) is 2.51. The van der Waals surface area contributed by atoms with E-state index in [1.807, 2.05) is 30.3 Å². The number of hydrogen-bond donors (Lipinski definition) is 2. The van der Waals surface area contributed by atoms with Crippen LogP contribution in [0.2, 0.25) is 0 Å². The van der Waals surface area contributed by atoms with Crippen LogP contribution in [0.1, 0.15) is 54.9 Å². The number of aromatic nitrogens is 3. The van der Waals surface area contributed by atoms with Crippen molar-refractivity contribution in [3.05, 3.63) is 47.5 Å². The van der Waals surface area contributed by atoms with E-state index in [9.17, 15) is 0 Å². The minimum Gasteiger partial charge on any atom is -0.318 e. The molecule has 1 saturated carbocycles. The fourth-order valence-electron chi connectivity index (χ4n) is 2.62. The zero-order valence-electron chi connectivity index (χ0n) is 10.3. The molecule has 1 aliphatic rings. The van der Waals surface area contributed by atoms with E-state index in [-0.39, 0.29) is 6.04 Å². The number of nitrogens with two attached hydrogens (primary N) is 1. The molecule has 94 valence electrons. The van der Waals surface area contributed by atoms with Crippen molar-refractivity contribution in [2.24, 2.45) is 5.73 Å². The molecule has 2 aromatic rings. The van der Waals surface area contributed by atoms with Gasteiger partial charge in [-0.25, -0.2) is 4.98 Å². The van der Waals surface area contributed by atoms with Crippen molar-refractivity contribution in [2.45, 2.75) is 37.6 Å². The third kappa shape index (κ3) is 2.16. The third-order valence-corrected chi connectivity index (χ3v) is 3.70. The largest absolute Gasteiger partial charge is 0.318 e. The van der Waals surface area contributed by atoms with Crippen molar-refractivity contribution in [1.29, 1.82) is 0 Å². The topological polar surface area (TPSA) is 67.6 Å². The Morgan fingerprint density at radius 3 is 2.61 bits per heavy atom. The molecule has 1 heterocycles. The van der Waals surface area contributed by atoms with Gasteiger partial charge in [0.05, 0.1) is 6.04 Å². The van der Waals surface area contributed by atoms with Gasteiger partial charge in [-0.05, 0) is 18.4 Å². The lowest BCUT2D eigenvalue weighted by Crippen LogP contribution is -2.13. The Hall–Kier alpha value is -1.68. The SMILES string of the molecule is N[C@H](c1ccccc1)c1n[nH]c(C2CCCC2)n1. The summed E-state index contributed by atoms with van der Waals surface area (Å²) < 4.78 is 0.